The van der Waals surface area contributed by atoms with Crippen molar-refractivity contribution < 1.29 is 4.74 Å². The van der Waals surface area contributed by atoms with Gasteiger partial charge in [-0.3, -0.25) is 4.99 Å². The van der Waals surface area contributed by atoms with Gasteiger partial charge in [0.15, 0.2) is 0 Å². The van der Waals surface area contributed by atoms with E-state index in [1.807, 2.05) is 62.8 Å². The van der Waals surface area contributed by atoms with Crippen LogP contribution in [-0.4, -0.2) is 27.4 Å². The summed E-state index contributed by atoms with van der Waals surface area (Å²) in [5.41, 5.74) is 3.01. The van der Waals surface area contributed by atoms with Crippen LogP contribution < -0.4 is 9.64 Å². The van der Waals surface area contributed by atoms with Crippen LogP contribution in [0, 0.1) is 0 Å². The Kier molecular flexibility index (Phi) is 4.18. The van der Waals surface area contributed by atoms with Gasteiger partial charge in [0.25, 0.3) is 0 Å². The second-order valence-electron chi connectivity index (χ2n) is 4.38. The van der Waals surface area contributed by atoms with Gasteiger partial charge in [0, 0.05) is 25.9 Å². The summed E-state index contributed by atoms with van der Waals surface area (Å²) in [4.78, 5) is 6.61. The Morgan fingerprint density at radius 2 is 1.68 bits per heavy atom. The van der Waals surface area contributed by atoms with Crippen LogP contribution in [0.1, 0.15) is 5.56 Å². The van der Waals surface area contributed by atoms with Crippen LogP contribution in [0.25, 0.3) is 0 Å². The summed E-state index contributed by atoms with van der Waals surface area (Å²) < 4.78 is 5.31. The first-order valence-corrected chi connectivity index (χ1v) is 6.16. The van der Waals surface area contributed by atoms with Gasteiger partial charge in [-0.2, -0.15) is 0 Å². The first-order chi connectivity index (χ1) is 9.22. The van der Waals surface area contributed by atoms with Crippen molar-refractivity contribution in [1.29, 1.82) is 0 Å². The quantitative estimate of drug-likeness (QED) is 0.780. The minimum atomic E-state index is 0.827. The van der Waals surface area contributed by atoms with E-state index < -0.39 is 0 Å². The molecule has 0 radical (unpaired) electrons. The van der Waals surface area contributed by atoms with Gasteiger partial charge in [-0.05, 0) is 24.3 Å². The lowest BCUT2D eigenvalue weighted by Crippen LogP contribution is -2.08. The Morgan fingerprint density at radius 3 is 2.42 bits per heavy atom. The summed E-state index contributed by atoms with van der Waals surface area (Å²) >= 11 is 0. The fraction of sp³-hybridized carbons (Fsp3) is 0.188. The van der Waals surface area contributed by atoms with Crippen molar-refractivity contribution in [3.05, 3.63) is 54.1 Å². The van der Waals surface area contributed by atoms with Crippen molar-refractivity contribution in [3.63, 3.8) is 0 Å². The van der Waals surface area contributed by atoms with Gasteiger partial charge < -0.3 is 9.64 Å². The highest BCUT2D eigenvalue weighted by Gasteiger charge is 2.02. The van der Waals surface area contributed by atoms with Crippen LogP contribution in [0.3, 0.4) is 0 Å². The van der Waals surface area contributed by atoms with E-state index in [0.29, 0.717) is 0 Å². The summed E-state index contributed by atoms with van der Waals surface area (Å²) in [6.45, 7) is 0. The van der Waals surface area contributed by atoms with Gasteiger partial charge in [0.1, 0.15) is 5.75 Å². The fourth-order valence-electron chi connectivity index (χ4n) is 1.86. The topological polar surface area (TPSA) is 24.8 Å². The van der Waals surface area contributed by atoms with E-state index in [1.54, 1.807) is 7.11 Å². The van der Waals surface area contributed by atoms with Gasteiger partial charge in [-0.15, -0.1) is 0 Å². The van der Waals surface area contributed by atoms with Gasteiger partial charge in [-0.25, -0.2) is 0 Å². The molecule has 2 aromatic rings. The highest BCUT2D eigenvalue weighted by atomic mass is 16.5. The first-order valence-electron chi connectivity index (χ1n) is 6.16. The predicted molar refractivity (Wildman–Crippen MR) is 81.0 cm³/mol. The summed E-state index contributed by atoms with van der Waals surface area (Å²) in [6.07, 6.45) is 1.83. The average Bonchev–Trinajstić information content (AvgIpc) is 2.45. The summed E-state index contributed by atoms with van der Waals surface area (Å²) in [7, 11) is 5.69. The fourth-order valence-corrected chi connectivity index (χ4v) is 1.86. The zero-order chi connectivity index (χ0) is 13.7. The highest BCUT2D eigenvalue weighted by Crippen LogP contribution is 2.27. The predicted octanol–water partition coefficient (Wildman–Crippen LogP) is 3.51. The Labute approximate surface area is 114 Å². The zero-order valence-electron chi connectivity index (χ0n) is 11.5. The van der Waals surface area contributed by atoms with Crippen LogP contribution in [0.4, 0.5) is 11.4 Å². The van der Waals surface area contributed by atoms with E-state index in [4.69, 9.17) is 4.74 Å². The molecule has 0 aliphatic rings. The van der Waals surface area contributed by atoms with Gasteiger partial charge in [0.05, 0.1) is 18.5 Å². The lowest BCUT2D eigenvalue weighted by atomic mass is 10.2. The van der Waals surface area contributed by atoms with Crippen molar-refractivity contribution in [2.75, 3.05) is 26.1 Å². The molecule has 3 heteroatoms. The van der Waals surface area contributed by atoms with E-state index in [1.165, 1.54) is 0 Å². The lowest BCUT2D eigenvalue weighted by Gasteiger charge is -2.14. The molecule has 0 saturated heterocycles. The van der Waals surface area contributed by atoms with Gasteiger partial charge in [-0.1, -0.05) is 24.3 Å². The largest absolute Gasteiger partial charge is 0.496 e. The summed E-state index contributed by atoms with van der Waals surface area (Å²) in [5.74, 6) is 0.827. The number of rotatable bonds is 4. The number of para-hydroxylation sites is 3. The first kappa shape index (κ1) is 13.1. The lowest BCUT2D eigenvalue weighted by molar-refractivity contribution is 0.414. The monoisotopic (exact) mass is 254 g/mol. The van der Waals surface area contributed by atoms with Crippen molar-refractivity contribution >= 4 is 17.6 Å². The Balaban J connectivity index is 2.33. The van der Waals surface area contributed by atoms with Crippen LogP contribution >= 0.6 is 0 Å². The zero-order valence-corrected chi connectivity index (χ0v) is 11.5. The summed E-state index contributed by atoms with van der Waals surface area (Å²) in [5, 5.41) is 0. The Bertz CT molecular complexity index is 576. The SMILES string of the molecule is COc1ccccc1C=Nc1ccccc1N(C)C. The molecule has 0 unspecified atom stereocenters. The number of ether oxygens (including phenoxy) is 1. The number of anilines is 1. The molecule has 0 fully saturated rings. The molecule has 0 bridgehead atoms. The maximum Gasteiger partial charge on any atom is 0.127 e. The molecule has 0 spiro atoms. The number of methoxy groups -OCH3 is 1. The number of benzene rings is 2. The molecule has 0 atom stereocenters. The van der Waals surface area contributed by atoms with E-state index in [0.717, 1.165) is 22.7 Å². The minimum Gasteiger partial charge on any atom is -0.496 e. The molecule has 2 rings (SSSR count). The molecular weight excluding hydrogens is 236 g/mol. The third-order valence-electron chi connectivity index (χ3n) is 2.85. The molecular formula is C16H18N2O. The number of nitrogens with zero attached hydrogens (tertiary/aromatic N) is 2. The van der Waals surface area contributed by atoms with Gasteiger partial charge in [0.2, 0.25) is 0 Å². The number of aliphatic imine (C=N–C) groups is 1. The maximum absolute atomic E-state index is 5.31. The third kappa shape index (κ3) is 3.13. The normalized spacial score (nSPS) is 10.7. The molecule has 19 heavy (non-hydrogen) atoms. The molecule has 0 aromatic heterocycles. The van der Waals surface area contributed by atoms with E-state index in [-0.39, 0.29) is 0 Å². The van der Waals surface area contributed by atoms with Crippen LogP contribution in [-0.2, 0) is 0 Å². The van der Waals surface area contributed by atoms with Crippen molar-refractivity contribution in [2.24, 2.45) is 4.99 Å². The van der Waals surface area contributed by atoms with Crippen LogP contribution in [0.2, 0.25) is 0 Å². The second-order valence-corrected chi connectivity index (χ2v) is 4.38. The number of hydrogen-bond acceptors (Lipinski definition) is 3. The highest BCUT2D eigenvalue weighted by molar-refractivity contribution is 5.87. The molecule has 2 aromatic carbocycles. The Hall–Kier alpha value is -2.29. The molecule has 0 amide bonds. The number of hydrogen-bond donors (Lipinski definition) is 0. The molecule has 98 valence electrons. The Morgan fingerprint density at radius 1 is 1.00 bits per heavy atom. The standard InChI is InChI=1S/C16H18N2O/c1-18(2)15-10-6-5-9-14(15)17-12-13-8-4-7-11-16(13)19-3/h4-12H,1-3H3. The minimum absolute atomic E-state index is 0.827. The van der Waals surface area contributed by atoms with Crippen molar-refractivity contribution in [3.8, 4) is 5.75 Å². The van der Waals surface area contributed by atoms with Gasteiger partial charge >= 0.3 is 0 Å². The van der Waals surface area contributed by atoms with Crippen LogP contribution in [0.15, 0.2) is 53.5 Å². The van der Waals surface area contributed by atoms with E-state index in [9.17, 15) is 0 Å². The smallest absolute Gasteiger partial charge is 0.127 e. The van der Waals surface area contributed by atoms with Crippen LogP contribution in [0.5, 0.6) is 5.75 Å². The van der Waals surface area contributed by atoms with E-state index in [2.05, 4.69) is 16.0 Å². The average molecular weight is 254 g/mol. The molecule has 0 aliphatic heterocycles. The van der Waals surface area contributed by atoms with Crippen molar-refractivity contribution in [2.45, 2.75) is 0 Å². The molecule has 0 heterocycles. The maximum atomic E-state index is 5.31. The molecule has 0 aliphatic carbocycles. The summed E-state index contributed by atoms with van der Waals surface area (Å²) in [6, 6.07) is 15.9. The molecule has 3 nitrogen and oxygen atoms in total. The third-order valence-corrected chi connectivity index (χ3v) is 2.85. The van der Waals surface area contributed by atoms with Crippen molar-refractivity contribution in [1.82, 2.24) is 0 Å². The molecule has 0 saturated carbocycles. The van der Waals surface area contributed by atoms with E-state index >= 15 is 0 Å². The molecule has 0 N–H and O–H groups in total. The second kappa shape index (κ2) is 6.05.